The van der Waals surface area contributed by atoms with E-state index in [0.717, 1.165) is 43.9 Å². The summed E-state index contributed by atoms with van der Waals surface area (Å²) in [5.74, 6) is 0.0787. The predicted molar refractivity (Wildman–Crippen MR) is 76.0 cm³/mol. The van der Waals surface area contributed by atoms with Gasteiger partial charge in [-0.2, -0.15) is 0 Å². The van der Waals surface area contributed by atoms with Crippen molar-refractivity contribution in [2.45, 2.75) is 12.5 Å². The van der Waals surface area contributed by atoms with E-state index in [1.165, 1.54) is 0 Å². The number of anilines is 2. The van der Waals surface area contributed by atoms with Gasteiger partial charge in [0.15, 0.2) is 0 Å². The van der Waals surface area contributed by atoms with Gasteiger partial charge in [0.25, 0.3) is 0 Å². The van der Waals surface area contributed by atoms with Crippen LogP contribution in [0.1, 0.15) is 5.56 Å². The van der Waals surface area contributed by atoms with Gasteiger partial charge in [-0.25, -0.2) is 0 Å². The molecule has 1 saturated heterocycles. The molecule has 102 valence electrons. The molecule has 2 heterocycles. The van der Waals surface area contributed by atoms with Crippen LogP contribution in [0.2, 0.25) is 0 Å². The summed E-state index contributed by atoms with van der Waals surface area (Å²) in [6.07, 6.45) is 0.760. The third-order valence-electron chi connectivity index (χ3n) is 4.13. The van der Waals surface area contributed by atoms with Crippen molar-refractivity contribution in [3.05, 3.63) is 23.8 Å². The monoisotopic (exact) mass is 260 g/mol. The number of rotatable bonds is 1. The molecule has 0 aromatic heterocycles. The Morgan fingerprint density at radius 1 is 1.26 bits per heavy atom. The zero-order valence-electron chi connectivity index (χ0n) is 11.2. The summed E-state index contributed by atoms with van der Waals surface area (Å²) in [5, 5.41) is 2.97. The number of nitrogens with one attached hydrogen (secondary N) is 1. The first kappa shape index (κ1) is 12.4. The largest absolute Gasteiger partial charge is 0.397 e. The molecule has 0 spiro atoms. The van der Waals surface area contributed by atoms with Crippen molar-refractivity contribution in [3.8, 4) is 0 Å². The fourth-order valence-corrected chi connectivity index (χ4v) is 2.88. The minimum Gasteiger partial charge on any atom is -0.397 e. The predicted octanol–water partition coefficient (Wildman–Crippen LogP) is 0.379. The summed E-state index contributed by atoms with van der Waals surface area (Å²) >= 11 is 0. The highest BCUT2D eigenvalue weighted by molar-refractivity contribution is 6.00. The van der Waals surface area contributed by atoms with E-state index in [0.29, 0.717) is 5.69 Å². The quantitative estimate of drug-likeness (QED) is 0.717. The van der Waals surface area contributed by atoms with E-state index in [2.05, 4.69) is 22.2 Å². The van der Waals surface area contributed by atoms with Crippen LogP contribution in [0, 0.1) is 0 Å². The van der Waals surface area contributed by atoms with Gasteiger partial charge in [-0.1, -0.05) is 12.1 Å². The molecule has 0 aliphatic carbocycles. The summed E-state index contributed by atoms with van der Waals surface area (Å²) in [4.78, 5) is 16.8. The Morgan fingerprint density at radius 2 is 2.00 bits per heavy atom. The Hall–Kier alpha value is -1.59. The van der Waals surface area contributed by atoms with Gasteiger partial charge in [-0.3, -0.25) is 9.69 Å². The molecule has 1 aromatic rings. The maximum Gasteiger partial charge on any atom is 0.242 e. The van der Waals surface area contributed by atoms with Gasteiger partial charge >= 0.3 is 0 Å². The van der Waals surface area contributed by atoms with Gasteiger partial charge < -0.3 is 16.0 Å². The van der Waals surface area contributed by atoms with Gasteiger partial charge in [0.2, 0.25) is 5.91 Å². The lowest BCUT2D eigenvalue weighted by Crippen LogP contribution is -2.54. The lowest BCUT2D eigenvalue weighted by molar-refractivity contribution is -0.122. The maximum atomic E-state index is 12.3. The minimum absolute atomic E-state index is 0.0528. The van der Waals surface area contributed by atoms with Crippen LogP contribution in [0.15, 0.2) is 18.2 Å². The molecule has 5 heteroatoms. The smallest absolute Gasteiger partial charge is 0.242 e. The van der Waals surface area contributed by atoms with Crippen molar-refractivity contribution in [2.24, 2.45) is 0 Å². The number of benzene rings is 1. The number of para-hydroxylation sites is 1. The van der Waals surface area contributed by atoms with Crippen molar-refractivity contribution in [3.63, 3.8) is 0 Å². The van der Waals surface area contributed by atoms with Crippen LogP contribution in [0.4, 0.5) is 11.4 Å². The van der Waals surface area contributed by atoms with Crippen LogP contribution in [0.5, 0.6) is 0 Å². The molecule has 2 aliphatic heterocycles. The lowest BCUT2D eigenvalue weighted by Gasteiger charge is -2.39. The summed E-state index contributed by atoms with van der Waals surface area (Å²) in [5.41, 5.74) is 8.51. The number of likely N-dealkylation sites (N-methyl/N-ethyl adjacent to an activating group) is 1. The van der Waals surface area contributed by atoms with E-state index in [-0.39, 0.29) is 11.9 Å². The normalized spacial score (nSPS) is 24.9. The van der Waals surface area contributed by atoms with Crippen LogP contribution < -0.4 is 11.1 Å². The second kappa shape index (κ2) is 4.83. The van der Waals surface area contributed by atoms with E-state index in [1.807, 2.05) is 18.2 Å². The van der Waals surface area contributed by atoms with Gasteiger partial charge in [0.05, 0.1) is 17.4 Å². The number of carbonyl (C=O) groups is 1. The number of hydrogen-bond acceptors (Lipinski definition) is 4. The molecule has 0 bridgehead atoms. The number of carbonyl (C=O) groups excluding carboxylic acids is 1. The third-order valence-corrected chi connectivity index (χ3v) is 4.13. The number of amides is 1. The van der Waals surface area contributed by atoms with Crippen molar-refractivity contribution in [1.82, 2.24) is 9.80 Å². The summed E-state index contributed by atoms with van der Waals surface area (Å²) in [6, 6.07) is 5.78. The zero-order valence-corrected chi connectivity index (χ0v) is 11.2. The van der Waals surface area contributed by atoms with Crippen LogP contribution >= 0.6 is 0 Å². The van der Waals surface area contributed by atoms with E-state index >= 15 is 0 Å². The van der Waals surface area contributed by atoms with Crippen LogP contribution in [0.25, 0.3) is 0 Å². The number of nitrogens with zero attached hydrogens (tertiary/aromatic N) is 2. The lowest BCUT2D eigenvalue weighted by atomic mass is 9.96. The van der Waals surface area contributed by atoms with Crippen molar-refractivity contribution in [2.75, 3.05) is 44.3 Å². The first-order chi connectivity index (χ1) is 9.15. The molecule has 1 atom stereocenters. The first-order valence-electron chi connectivity index (χ1n) is 6.76. The van der Waals surface area contributed by atoms with Crippen molar-refractivity contribution in [1.29, 1.82) is 0 Å². The molecule has 1 aromatic carbocycles. The van der Waals surface area contributed by atoms with E-state index in [1.54, 1.807) is 0 Å². The second-order valence-corrected chi connectivity index (χ2v) is 5.43. The highest BCUT2D eigenvalue weighted by Gasteiger charge is 2.33. The first-order valence-corrected chi connectivity index (χ1v) is 6.76. The molecule has 3 rings (SSSR count). The van der Waals surface area contributed by atoms with E-state index < -0.39 is 0 Å². The average molecular weight is 260 g/mol. The average Bonchev–Trinajstić information content (AvgIpc) is 2.40. The molecule has 2 aliphatic rings. The summed E-state index contributed by atoms with van der Waals surface area (Å²) in [7, 11) is 2.12. The minimum atomic E-state index is -0.0528. The van der Waals surface area contributed by atoms with Gasteiger partial charge in [0.1, 0.15) is 0 Å². The standard InChI is InChI=1S/C14H20N4O/c1-17-5-7-18(8-6-17)12-9-10-3-2-4-11(15)13(10)16-14(12)19/h2-4,12H,5-9,15H2,1H3,(H,16,19). The second-order valence-electron chi connectivity index (χ2n) is 5.43. The molecular formula is C14H20N4O. The number of fused-ring (bicyclic) bond motifs is 1. The molecule has 5 nitrogen and oxygen atoms in total. The molecule has 1 unspecified atom stereocenters. The van der Waals surface area contributed by atoms with E-state index in [4.69, 9.17) is 5.73 Å². The Balaban J connectivity index is 1.80. The number of hydrogen-bond donors (Lipinski definition) is 2. The molecule has 0 saturated carbocycles. The fraction of sp³-hybridized carbons (Fsp3) is 0.500. The molecular weight excluding hydrogens is 240 g/mol. The van der Waals surface area contributed by atoms with Crippen molar-refractivity contribution < 1.29 is 4.79 Å². The summed E-state index contributed by atoms with van der Waals surface area (Å²) < 4.78 is 0. The topological polar surface area (TPSA) is 61.6 Å². The van der Waals surface area contributed by atoms with Gasteiger partial charge in [-0.05, 0) is 25.1 Å². The molecule has 1 amide bonds. The fourth-order valence-electron chi connectivity index (χ4n) is 2.88. The van der Waals surface area contributed by atoms with Crippen LogP contribution in [-0.2, 0) is 11.2 Å². The molecule has 1 fully saturated rings. The maximum absolute atomic E-state index is 12.3. The van der Waals surface area contributed by atoms with Crippen molar-refractivity contribution >= 4 is 17.3 Å². The Labute approximate surface area is 113 Å². The van der Waals surface area contributed by atoms with E-state index in [9.17, 15) is 4.79 Å². The molecule has 3 N–H and O–H groups in total. The molecule has 0 radical (unpaired) electrons. The highest BCUT2D eigenvalue weighted by atomic mass is 16.2. The Kier molecular flexibility index (Phi) is 3.16. The number of nitrogen functional groups attached to an aromatic ring is 1. The Morgan fingerprint density at radius 3 is 2.74 bits per heavy atom. The van der Waals surface area contributed by atoms with Crippen LogP contribution in [-0.4, -0.2) is 55.0 Å². The van der Waals surface area contributed by atoms with Gasteiger partial charge in [-0.15, -0.1) is 0 Å². The summed E-state index contributed by atoms with van der Waals surface area (Å²) in [6.45, 7) is 3.94. The zero-order chi connectivity index (χ0) is 13.4. The third kappa shape index (κ3) is 2.31. The molecule has 19 heavy (non-hydrogen) atoms. The van der Waals surface area contributed by atoms with Crippen LogP contribution in [0.3, 0.4) is 0 Å². The highest BCUT2D eigenvalue weighted by Crippen LogP contribution is 2.30. The number of nitrogens with two attached hydrogens (primary N) is 1. The Bertz CT molecular complexity index is 494. The van der Waals surface area contributed by atoms with Gasteiger partial charge in [0, 0.05) is 26.2 Å². The number of piperazine rings is 1. The SMILES string of the molecule is CN1CCN(C2Cc3cccc(N)c3NC2=O)CC1.